The Balaban J connectivity index is 1.69. The number of nitrogens with one attached hydrogen (secondary N) is 1. The molecule has 0 aliphatic rings. The molecule has 0 saturated carbocycles. The van der Waals surface area contributed by atoms with Crippen molar-refractivity contribution in [3.8, 4) is 5.69 Å². The van der Waals surface area contributed by atoms with Crippen LogP contribution in [0, 0.1) is 11.6 Å². The Morgan fingerprint density at radius 1 is 0.875 bits per heavy atom. The summed E-state index contributed by atoms with van der Waals surface area (Å²) in [6.07, 6.45) is -2.68. The fourth-order valence-electron chi connectivity index (χ4n) is 3.92. The number of hydrogen-bond donors (Lipinski definition) is 2. The van der Waals surface area contributed by atoms with Gasteiger partial charge in [0.1, 0.15) is 11.6 Å². The zero-order valence-corrected chi connectivity index (χ0v) is 16.2. The van der Waals surface area contributed by atoms with Gasteiger partial charge in [0.2, 0.25) is 5.60 Å². The largest absolute Gasteiger partial charge is 0.425 e. The number of aliphatic hydroxyl groups is 1. The van der Waals surface area contributed by atoms with Gasteiger partial charge >= 0.3 is 6.18 Å². The molecule has 1 atom stereocenters. The van der Waals surface area contributed by atoms with Crippen LogP contribution in [0.1, 0.15) is 11.1 Å². The Kier molecular flexibility index (Phi) is 4.35. The summed E-state index contributed by atoms with van der Waals surface area (Å²) < 4.78 is 71.0. The Labute approximate surface area is 177 Å². The van der Waals surface area contributed by atoms with E-state index in [1.807, 2.05) is 0 Å². The molecule has 9 heteroatoms. The Morgan fingerprint density at radius 3 is 2.31 bits per heavy atom. The van der Waals surface area contributed by atoms with Crippen LogP contribution < -0.4 is 0 Å². The highest BCUT2D eigenvalue weighted by molar-refractivity contribution is 5.86. The van der Waals surface area contributed by atoms with Crippen molar-refractivity contribution in [1.29, 1.82) is 0 Å². The average Bonchev–Trinajstić information content (AvgIpc) is 3.36. The second-order valence-corrected chi connectivity index (χ2v) is 7.41. The number of benzene rings is 3. The van der Waals surface area contributed by atoms with Gasteiger partial charge in [0.05, 0.1) is 17.4 Å². The van der Waals surface area contributed by atoms with Crippen LogP contribution in [-0.4, -0.2) is 26.0 Å². The number of aromatic nitrogens is 3. The molecule has 1 unspecified atom stereocenters. The van der Waals surface area contributed by atoms with E-state index in [0.717, 1.165) is 18.3 Å². The summed E-state index contributed by atoms with van der Waals surface area (Å²) in [7, 11) is 0. The Hall–Kier alpha value is -3.72. The standard InChI is InChI=1S/C23H14F5N3O/c24-15-2-5-17(6-3-15)31-21-8-1-14(9-13(21)11-30-31)22(32,23(26,27)28)19-12-29-20-10-16(25)4-7-18(19)20/h1-12,29,32H. The molecule has 0 fully saturated rings. The van der Waals surface area contributed by atoms with Crippen LogP contribution in [0.15, 0.2) is 73.1 Å². The van der Waals surface area contributed by atoms with E-state index in [4.69, 9.17) is 0 Å². The molecular formula is C23H14F5N3O. The van der Waals surface area contributed by atoms with E-state index in [0.29, 0.717) is 16.6 Å². The molecule has 3 aromatic carbocycles. The average molecular weight is 443 g/mol. The van der Waals surface area contributed by atoms with Gasteiger partial charge in [0.15, 0.2) is 0 Å². The highest BCUT2D eigenvalue weighted by Crippen LogP contribution is 2.47. The number of aromatic amines is 1. The van der Waals surface area contributed by atoms with Crippen molar-refractivity contribution < 1.29 is 27.1 Å². The maximum atomic E-state index is 14.3. The second-order valence-electron chi connectivity index (χ2n) is 7.41. The summed E-state index contributed by atoms with van der Waals surface area (Å²) in [5, 5.41) is 15.6. The van der Waals surface area contributed by atoms with Gasteiger partial charge in [-0.25, -0.2) is 13.5 Å². The fraction of sp³-hybridized carbons (Fsp3) is 0.0870. The molecule has 0 saturated heterocycles. The molecular weight excluding hydrogens is 429 g/mol. The van der Waals surface area contributed by atoms with Gasteiger partial charge in [-0.3, -0.25) is 0 Å². The van der Waals surface area contributed by atoms with Gasteiger partial charge in [-0.2, -0.15) is 18.3 Å². The molecule has 2 N–H and O–H groups in total. The summed E-state index contributed by atoms with van der Waals surface area (Å²) >= 11 is 0. The molecule has 2 heterocycles. The van der Waals surface area contributed by atoms with E-state index in [-0.39, 0.29) is 10.9 Å². The highest BCUT2D eigenvalue weighted by Gasteiger charge is 2.57. The van der Waals surface area contributed by atoms with Crippen molar-refractivity contribution >= 4 is 21.8 Å². The first-order valence-corrected chi connectivity index (χ1v) is 9.49. The van der Waals surface area contributed by atoms with Gasteiger partial charge in [0.25, 0.3) is 0 Å². The zero-order valence-electron chi connectivity index (χ0n) is 16.2. The molecule has 0 aliphatic carbocycles. The monoisotopic (exact) mass is 443 g/mol. The fourth-order valence-corrected chi connectivity index (χ4v) is 3.92. The molecule has 0 spiro atoms. The Bertz CT molecular complexity index is 1450. The third kappa shape index (κ3) is 2.96. The van der Waals surface area contributed by atoms with E-state index >= 15 is 0 Å². The lowest BCUT2D eigenvalue weighted by Crippen LogP contribution is -2.43. The van der Waals surface area contributed by atoms with E-state index in [9.17, 15) is 27.1 Å². The number of hydrogen-bond acceptors (Lipinski definition) is 2. The van der Waals surface area contributed by atoms with Crippen molar-refractivity contribution in [1.82, 2.24) is 14.8 Å². The molecule has 0 amide bonds. The van der Waals surface area contributed by atoms with Crippen molar-refractivity contribution in [2.45, 2.75) is 11.8 Å². The predicted octanol–water partition coefficient (Wildman–Crippen LogP) is 5.58. The summed E-state index contributed by atoms with van der Waals surface area (Å²) in [6, 6.07) is 12.6. The number of alkyl halides is 3. The topological polar surface area (TPSA) is 53.8 Å². The minimum atomic E-state index is -5.07. The lowest BCUT2D eigenvalue weighted by molar-refractivity contribution is -0.247. The third-order valence-electron chi connectivity index (χ3n) is 5.50. The normalized spacial score (nSPS) is 14.2. The summed E-state index contributed by atoms with van der Waals surface area (Å²) in [6.45, 7) is 0. The molecule has 0 aliphatic heterocycles. The number of H-pyrrole nitrogens is 1. The minimum Gasteiger partial charge on any atom is -0.372 e. The first kappa shape index (κ1) is 20.2. The predicted molar refractivity (Wildman–Crippen MR) is 108 cm³/mol. The van der Waals surface area contributed by atoms with E-state index in [2.05, 4.69) is 10.1 Å². The highest BCUT2D eigenvalue weighted by atomic mass is 19.4. The summed E-state index contributed by atoms with van der Waals surface area (Å²) in [4.78, 5) is 2.60. The molecule has 32 heavy (non-hydrogen) atoms. The maximum absolute atomic E-state index is 14.3. The lowest BCUT2D eigenvalue weighted by atomic mass is 9.85. The summed E-state index contributed by atoms with van der Waals surface area (Å²) in [5.41, 5.74) is -3.07. The van der Waals surface area contributed by atoms with Gasteiger partial charge in [-0.15, -0.1) is 0 Å². The zero-order chi connectivity index (χ0) is 22.7. The first-order valence-electron chi connectivity index (χ1n) is 9.49. The molecule has 5 rings (SSSR count). The molecule has 5 aromatic rings. The molecule has 0 bridgehead atoms. The second kappa shape index (κ2) is 6.89. The van der Waals surface area contributed by atoms with Crippen LogP contribution in [0.4, 0.5) is 22.0 Å². The van der Waals surface area contributed by atoms with Gasteiger partial charge in [-0.1, -0.05) is 6.07 Å². The Morgan fingerprint density at radius 2 is 1.59 bits per heavy atom. The quantitative estimate of drug-likeness (QED) is 0.358. The lowest BCUT2D eigenvalue weighted by Gasteiger charge is -2.31. The van der Waals surface area contributed by atoms with Crippen LogP contribution in [-0.2, 0) is 5.60 Å². The molecule has 0 radical (unpaired) electrons. The SMILES string of the molecule is OC(c1ccc2c(cnn2-c2ccc(F)cc2)c1)(c1c[nH]c2cc(F)ccc12)C(F)(F)F. The first-order chi connectivity index (χ1) is 15.2. The van der Waals surface area contributed by atoms with Crippen molar-refractivity contribution in [2.75, 3.05) is 0 Å². The molecule has 2 aromatic heterocycles. The van der Waals surface area contributed by atoms with Gasteiger partial charge in [0, 0.05) is 28.0 Å². The summed E-state index contributed by atoms with van der Waals surface area (Å²) in [5.74, 6) is -1.04. The molecule has 4 nitrogen and oxygen atoms in total. The van der Waals surface area contributed by atoms with Gasteiger partial charge < -0.3 is 10.1 Å². The van der Waals surface area contributed by atoms with E-state index < -0.39 is 34.5 Å². The third-order valence-corrected chi connectivity index (χ3v) is 5.50. The van der Waals surface area contributed by atoms with Crippen molar-refractivity contribution in [2.24, 2.45) is 0 Å². The van der Waals surface area contributed by atoms with Crippen LogP contribution in [0.2, 0.25) is 0 Å². The number of fused-ring (bicyclic) bond motifs is 2. The van der Waals surface area contributed by atoms with E-state index in [1.165, 1.54) is 59.4 Å². The number of rotatable bonds is 3. The van der Waals surface area contributed by atoms with Crippen LogP contribution in [0.3, 0.4) is 0 Å². The van der Waals surface area contributed by atoms with Crippen molar-refractivity contribution in [3.05, 3.63) is 95.8 Å². The number of nitrogens with zero attached hydrogens (tertiary/aromatic N) is 2. The number of halogens is 5. The van der Waals surface area contributed by atoms with Crippen LogP contribution in [0.25, 0.3) is 27.5 Å². The smallest absolute Gasteiger partial charge is 0.372 e. The van der Waals surface area contributed by atoms with Crippen LogP contribution in [0.5, 0.6) is 0 Å². The van der Waals surface area contributed by atoms with E-state index in [1.54, 1.807) is 0 Å². The van der Waals surface area contributed by atoms with Crippen LogP contribution >= 0.6 is 0 Å². The maximum Gasteiger partial charge on any atom is 0.425 e. The molecule has 162 valence electrons. The minimum absolute atomic E-state index is 0.0494. The van der Waals surface area contributed by atoms with Crippen molar-refractivity contribution in [3.63, 3.8) is 0 Å². The van der Waals surface area contributed by atoms with Gasteiger partial charge in [-0.05, 0) is 60.2 Å².